The number of aliphatic hydroxyl groups excluding tert-OH is 1. The Balaban J connectivity index is 1.56. The zero-order chi connectivity index (χ0) is 26.7. The molecular formula is C26H23F2N5O4. The van der Waals surface area contributed by atoms with Gasteiger partial charge < -0.3 is 20.6 Å². The van der Waals surface area contributed by atoms with Crippen molar-refractivity contribution in [2.45, 2.75) is 25.2 Å². The lowest BCUT2D eigenvalue weighted by molar-refractivity contribution is -0.134. The molecule has 190 valence electrons. The molecule has 3 aromatic rings. The third kappa shape index (κ3) is 5.21. The van der Waals surface area contributed by atoms with Crippen LogP contribution in [0.1, 0.15) is 29.8 Å². The van der Waals surface area contributed by atoms with E-state index in [1.807, 2.05) is 0 Å². The molecule has 3 N–H and O–H groups in total. The van der Waals surface area contributed by atoms with E-state index in [2.05, 4.69) is 20.6 Å². The number of aliphatic hydroxyl groups is 1. The smallest absolute Gasteiger partial charge is 0.272 e. The van der Waals surface area contributed by atoms with Crippen LogP contribution in [0.2, 0.25) is 0 Å². The zero-order valence-electron chi connectivity index (χ0n) is 19.9. The number of amides is 3. The SMILES string of the molecule is C[C@H](NC(=O)C(O)c1c(F)cccc1F)C(=O)NC1N=C(c2ccccn2)c2ccccc2N(C)C1=O. The van der Waals surface area contributed by atoms with Crippen LogP contribution in [-0.2, 0) is 14.4 Å². The monoisotopic (exact) mass is 507 g/mol. The van der Waals surface area contributed by atoms with Crippen LogP contribution in [0.4, 0.5) is 14.5 Å². The van der Waals surface area contributed by atoms with Gasteiger partial charge in [0.15, 0.2) is 6.10 Å². The predicted octanol–water partition coefficient (Wildman–Crippen LogP) is 1.85. The second kappa shape index (κ2) is 10.6. The minimum atomic E-state index is -2.19. The number of benzene rings is 2. The molecule has 1 aliphatic rings. The highest BCUT2D eigenvalue weighted by Crippen LogP contribution is 2.26. The van der Waals surface area contributed by atoms with Gasteiger partial charge in [-0.2, -0.15) is 0 Å². The molecule has 0 fully saturated rings. The number of para-hydroxylation sites is 1. The molecule has 3 amide bonds. The third-order valence-electron chi connectivity index (χ3n) is 5.80. The fourth-order valence-electron chi connectivity index (χ4n) is 3.84. The fourth-order valence-corrected chi connectivity index (χ4v) is 3.84. The number of benzodiazepines with no additional fused rings is 1. The van der Waals surface area contributed by atoms with Crippen molar-refractivity contribution < 1.29 is 28.3 Å². The number of likely N-dealkylation sites (N-methyl/N-ethyl adjacent to an activating group) is 1. The van der Waals surface area contributed by atoms with E-state index in [1.54, 1.807) is 55.7 Å². The van der Waals surface area contributed by atoms with Gasteiger partial charge in [-0.15, -0.1) is 0 Å². The van der Waals surface area contributed by atoms with Gasteiger partial charge in [-0.1, -0.05) is 30.3 Å². The van der Waals surface area contributed by atoms with E-state index in [1.165, 1.54) is 11.8 Å². The predicted molar refractivity (Wildman–Crippen MR) is 131 cm³/mol. The number of hydrogen-bond donors (Lipinski definition) is 3. The number of carbonyl (C=O) groups excluding carboxylic acids is 3. The summed E-state index contributed by atoms with van der Waals surface area (Å²) in [6.45, 7) is 1.29. The van der Waals surface area contributed by atoms with Crippen molar-refractivity contribution in [1.82, 2.24) is 15.6 Å². The molecule has 0 spiro atoms. The van der Waals surface area contributed by atoms with Crippen molar-refractivity contribution >= 4 is 29.1 Å². The molecule has 2 aromatic carbocycles. The van der Waals surface area contributed by atoms with Gasteiger partial charge in [-0.05, 0) is 37.3 Å². The highest BCUT2D eigenvalue weighted by Gasteiger charge is 2.33. The first-order valence-corrected chi connectivity index (χ1v) is 11.3. The average Bonchev–Trinajstić information content (AvgIpc) is 2.99. The largest absolute Gasteiger partial charge is 0.378 e. The molecule has 0 saturated heterocycles. The van der Waals surface area contributed by atoms with Crippen molar-refractivity contribution in [3.05, 3.63) is 95.3 Å². The molecule has 0 saturated carbocycles. The van der Waals surface area contributed by atoms with E-state index < -0.39 is 53.2 Å². The van der Waals surface area contributed by atoms with Crippen molar-refractivity contribution in [1.29, 1.82) is 0 Å². The van der Waals surface area contributed by atoms with Crippen LogP contribution in [0.5, 0.6) is 0 Å². The summed E-state index contributed by atoms with van der Waals surface area (Å²) in [5, 5.41) is 14.9. The van der Waals surface area contributed by atoms with E-state index >= 15 is 0 Å². The minimum Gasteiger partial charge on any atom is -0.378 e. The summed E-state index contributed by atoms with van der Waals surface area (Å²) in [5.41, 5.74) is 1.21. The number of nitrogens with zero attached hydrogens (tertiary/aromatic N) is 3. The average molecular weight is 507 g/mol. The molecule has 1 aromatic heterocycles. The van der Waals surface area contributed by atoms with Crippen LogP contribution in [-0.4, -0.2) is 52.8 Å². The van der Waals surface area contributed by atoms with Gasteiger partial charge in [0.2, 0.25) is 12.1 Å². The van der Waals surface area contributed by atoms with Crippen molar-refractivity contribution in [3.63, 3.8) is 0 Å². The first kappa shape index (κ1) is 25.6. The Labute approximate surface area is 210 Å². The quantitative estimate of drug-likeness (QED) is 0.470. The molecule has 11 heteroatoms. The summed E-state index contributed by atoms with van der Waals surface area (Å²) in [6, 6.07) is 13.9. The third-order valence-corrected chi connectivity index (χ3v) is 5.80. The van der Waals surface area contributed by atoms with Gasteiger partial charge in [0.25, 0.3) is 11.8 Å². The number of aromatic nitrogens is 1. The Morgan fingerprint density at radius 2 is 1.68 bits per heavy atom. The number of fused-ring (bicyclic) bond motifs is 1. The van der Waals surface area contributed by atoms with Crippen LogP contribution in [0.25, 0.3) is 0 Å². The van der Waals surface area contributed by atoms with Crippen LogP contribution >= 0.6 is 0 Å². The van der Waals surface area contributed by atoms with Gasteiger partial charge in [0, 0.05) is 18.8 Å². The van der Waals surface area contributed by atoms with Crippen LogP contribution in [0, 0.1) is 11.6 Å². The van der Waals surface area contributed by atoms with Crippen molar-refractivity contribution in [2.24, 2.45) is 4.99 Å². The zero-order valence-corrected chi connectivity index (χ0v) is 19.9. The second-order valence-electron chi connectivity index (χ2n) is 8.29. The van der Waals surface area contributed by atoms with Crippen molar-refractivity contribution in [3.8, 4) is 0 Å². The molecule has 0 bridgehead atoms. The fraction of sp³-hybridized carbons (Fsp3) is 0.192. The van der Waals surface area contributed by atoms with Gasteiger partial charge in [-0.25, -0.2) is 13.8 Å². The van der Waals surface area contributed by atoms with Gasteiger partial charge in [-0.3, -0.25) is 19.4 Å². The number of aliphatic imine (C=N–C) groups is 1. The first-order valence-electron chi connectivity index (χ1n) is 11.3. The number of rotatable bonds is 6. The van der Waals surface area contributed by atoms with Gasteiger partial charge in [0.05, 0.1) is 22.7 Å². The maximum absolute atomic E-state index is 14.0. The maximum atomic E-state index is 14.0. The van der Waals surface area contributed by atoms with Crippen LogP contribution in [0.3, 0.4) is 0 Å². The molecule has 2 heterocycles. The second-order valence-corrected chi connectivity index (χ2v) is 8.29. The number of halogens is 2. The topological polar surface area (TPSA) is 124 Å². The molecule has 1 aliphatic heterocycles. The highest BCUT2D eigenvalue weighted by atomic mass is 19.1. The summed E-state index contributed by atoms with van der Waals surface area (Å²) < 4.78 is 27.9. The van der Waals surface area contributed by atoms with E-state index in [0.29, 0.717) is 22.7 Å². The normalized spacial score (nSPS) is 16.7. The van der Waals surface area contributed by atoms with Gasteiger partial charge in [0.1, 0.15) is 17.7 Å². The maximum Gasteiger partial charge on any atom is 0.272 e. The summed E-state index contributed by atoms with van der Waals surface area (Å²) in [4.78, 5) is 48.7. The lowest BCUT2D eigenvalue weighted by Gasteiger charge is -2.22. The molecule has 0 aliphatic carbocycles. The Morgan fingerprint density at radius 1 is 1.00 bits per heavy atom. The van der Waals surface area contributed by atoms with E-state index in [4.69, 9.17) is 0 Å². The minimum absolute atomic E-state index is 0.376. The van der Waals surface area contributed by atoms with E-state index in [9.17, 15) is 28.3 Å². The van der Waals surface area contributed by atoms with E-state index in [0.717, 1.165) is 18.2 Å². The Bertz CT molecular complexity index is 1360. The van der Waals surface area contributed by atoms with Crippen LogP contribution in [0.15, 0.2) is 71.9 Å². The Morgan fingerprint density at radius 3 is 2.35 bits per heavy atom. The summed E-state index contributed by atoms with van der Waals surface area (Å²) in [6.07, 6.45) is -1.98. The van der Waals surface area contributed by atoms with E-state index in [-0.39, 0.29) is 0 Å². The summed E-state index contributed by atoms with van der Waals surface area (Å²) in [7, 11) is 1.54. The molecule has 2 unspecified atom stereocenters. The molecular weight excluding hydrogens is 484 g/mol. The Kier molecular flexibility index (Phi) is 7.35. The molecule has 9 nitrogen and oxygen atoms in total. The standard InChI is InChI=1S/C26H23F2N5O4/c1-14(30-25(36)22(34)20-16(27)9-7-10-17(20)28)24(35)32-23-26(37)33(2)19-12-4-3-8-15(19)21(31-23)18-11-5-6-13-29-18/h3-14,22-23,34H,1-2H3,(H,30,36)(H,32,35)/t14-,22?,23?/m0/s1. The number of anilines is 1. The molecule has 3 atom stereocenters. The summed E-state index contributed by atoms with van der Waals surface area (Å²) >= 11 is 0. The number of nitrogens with one attached hydrogen (secondary N) is 2. The summed E-state index contributed by atoms with van der Waals surface area (Å²) in [5.74, 6) is -4.76. The Hall–Kier alpha value is -4.51. The number of pyridine rings is 1. The molecule has 4 rings (SSSR count). The molecule has 0 radical (unpaired) electrons. The molecule has 37 heavy (non-hydrogen) atoms. The van der Waals surface area contributed by atoms with Gasteiger partial charge >= 0.3 is 0 Å². The first-order chi connectivity index (χ1) is 17.7. The lowest BCUT2D eigenvalue weighted by atomic mass is 10.0. The van der Waals surface area contributed by atoms with Crippen molar-refractivity contribution in [2.75, 3.05) is 11.9 Å². The van der Waals surface area contributed by atoms with Crippen LogP contribution < -0.4 is 15.5 Å². The number of carbonyl (C=O) groups is 3. The lowest BCUT2D eigenvalue weighted by Crippen LogP contribution is -2.52. The number of hydrogen-bond acceptors (Lipinski definition) is 6. The highest BCUT2D eigenvalue weighted by molar-refractivity contribution is 6.19.